The molecule has 5 nitrogen and oxygen atoms in total. The molecule has 2 N–H and O–H groups in total. The lowest BCUT2D eigenvalue weighted by molar-refractivity contribution is 0.277. The van der Waals surface area contributed by atoms with Crippen LogP contribution in [0.15, 0.2) is 36.4 Å². The first-order chi connectivity index (χ1) is 13.1. The molecule has 0 aliphatic carbocycles. The Kier molecular flexibility index (Phi) is 4.95. The normalized spacial score (nSPS) is 17.5. The number of aromatic nitrogens is 2. The van der Waals surface area contributed by atoms with Gasteiger partial charge in [0.1, 0.15) is 11.6 Å². The summed E-state index contributed by atoms with van der Waals surface area (Å²) in [4.78, 5) is 11.5. The smallest absolute Gasteiger partial charge is 0.138 e. The van der Waals surface area contributed by atoms with Crippen molar-refractivity contribution in [2.24, 2.45) is 0 Å². The van der Waals surface area contributed by atoms with E-state index in [1.807, 2.05) is 0 Å². The summed E-state index contributed by atoms with van der Waals surface area (Å²) in [7, 11) is 0. The molecule has 1 saturated heterocycles. The molecule has 1 aliphatic heterocycles. The Hall–Kier alpha value is -2.28. The number of piperazine rings is 1. The Morgan fingerprint density at radius 3 is 2.85 bits per heavy atom. The van der Waals surface area contributed by atoms with Crippen LogP contribution in [-0.2, 0) is 6.61 Å². The number of nitrogens with zero attached hydrogens (tertiary/aromatic N) is 3. The minimum absolute atomic E-state index is 0.192. The third-order valence-electron chi connectivity index (χ3n) is 4.86. The van der Waals surface area contributed by atoms with Crippen molar-refractivity contribution in [2.75, 3.05) is 24.5 Å². The number of benzene rings is 1. The Bertz CT molecular complexity index is 997. The van der Waals surface area contributed by atoms with Gasteiger partial charge in [0.15, 0.2) is 0 Å². The third-order valence-corrected chi connectivity index (χ3v) is 5.15. The van der Waals surface area contributed by atoms with Crippen LogP contribution in [0.3, 0.4) is 0 Å². The van der Waals surface area contributed by atoms with E-state index in [9.17, 15) is 9.50 Å². The molecule has 7 heteroatoms. The average molecular weight is 387 g/mol. The summed E-state index contributed by atoms with van der Waals surface area (Å²) in [6, 6.07) is 10.2. The summed E-state index contributed by atoms with van der Waals surface area (Å²) in [5.41, 5.74) is 1.90. The lowest BCUT2D eigenvalue weighted by Gasteiger charge is -2.35. The molecule has 0 spiro atoms. The van der Waals surface area contributed by atoms with Crippen molar-refractivity contribution in [1.82, 2.24) is 15.3 Å². The fourth-order valence-corrected chi connectivity index (χ4v) is 3.73. The first kappa shape index (κ1) is 18.1. The van der Waals surface area contributed by atoms with Gasteiger partial charge in [0.05, 0.1) is 28.5 Å². The summed E-state index contributed by atoms with van der Waals surface area (Å²) in [6.45, 7) is 4.42. The zero-order valence-corrected chi connectivity index (χ0v) is 15.7. The second-order valence-electron chi connectivity index (χ2n) is 6.71. The molecule has 0 radical (unpaired) electrons. The maximum absolute atomic E-state index is 14.3. The Morgan fingerprint density at radius 2 is 2.11 bits per heavy atom. The van der Waals surface area contributed by atoms with E-state index in [1.165, 1.54) is 6.07 Å². The summed E-state index contributed by atoms with van der Waals surface area (Å²) < 4.78 is 14.3. The summed E-state index contributed by atoms with van der Waals surface area (Å²) >= 11 is 6.49. The summed E-state index contributed by atoms with van der Waals surface area (Å²) in [5.74, 6) is 0.374. The number of anilines is 1. The van der Waals surface area contributed by atoms with E-state index in [0.29, 0.717) is 27.5 Å². The number of nitrogens with one attached hydrogen (secondary N) is 1. The van der Waals surface area contributed by atoms with Gasteiger partial charge in [-0.05, 0) is 31.2 Å². The van der Waals surface area contributed by atoms with E-state index in [-0.39, 0.29) is 18.5 Å². The molecule has 0 unspecified atom stereocenters. The second-order valence-corrected chi connectivity index (χ2v) is 7.11. The number of hydrogen-bond acceptors (Lipinski definition) is 5. The molecule has 0 bridgehead atoms. The first-order valence-electron chi connectivity index (χ1n) is 8.91. The number of hydrogen-bond donors (Lipinski definition) is 2. The molecule has 0 saturated carbocycles. The number of pyridine rings is 2. The van der Waals surface area contributed by atoms with E-state index in [2.05, 4.69) is 27.1 Å². The molecule has 3 aromatic rings. The minimum atomic E-state index is -0.376. The zero-order valence-electron chi connectivity index (χ0n) is 14.9. The highest BCUT2D eigenvalue weighted by molar-refractivity contribution is 6.34. The van der Waals surface area contributed by atoms with Crippen LogP contribution in [0.1, 0.15) is 12.6 Å². The van der Waals surface area contributed by atoms with Gasteiger partial charge in [0.2, 0.25) is 0 Å². The molecule has 1 fully saturated rings. The molecule has 3 heterocycles. The van der Waals surface area contributed by atoms with Crippen LogP contribution in [0.25, 0.3) is 22.2 Å². The van der Waals surface area contributed by atoms with Crippen LogP contribution >= 0.6 is 11.6 Å². The van der Waals surface area contributed by atoms with Gasteiger partial charge in [-0.1, -0.05) is 23.7 Å². The molecule has 1 aromatic carbocycles. The van der Waals surface area contributed by atoms with Gasteiger partial charge in [0, 0.05) is 36.6 Å². The largest absolute Gasteiger partial charge is 0.390 e. The van der Waals surface area contributed by atoms with Crippen molar-refractivity contribution in [3.63, 3.8) is 0 Å². The lowest BCUT2D eigenvalue weighted by Crippen LogP contribution is -2.50. The fraction of sp³-hybridized carbons (Fsp3) is 0.300. The number of aliphatic hydroxyl groups is 1. The van der Waals surface area contributed by atoms with Gasteiger partial charge in [-0.3, -0.25) is 0 Å². The van der Waals surface area contributed by atoms with Gasteiger partial charge in [0.25, 0.3) is 0 Å². The molecular formula is C20H20ClFN4O. The van der Waals surface area contributed by atoms with E-state index < -0.39 is 0 Å². The maximum Gasteiger partial charge on any atom is 0.138 e. The highest BCUT2D eigenvalue weighted by Gasteiger charge is 2.23. The minimum Gasteiger partial charge on any atom is -0.390 e. The van der Waals surface area contributed by atoms with Crippen molar-refractivity contribution in [1.29, 1.82) is 0 Å². The van der Waals surface area contributed by atoms with Crippen LogP contribution in [0.5, 0.6) is 0 Å². The number of rotatable bonds is 3. The van der Waals surface area contributed by atoms with E-state index >= 15 is 0 Å². The Labute approximate surface area is 161 Å². The van der Waals surface area contributed by atoms with Gasteiger partial charge in [-0.15, -0.1) is 0 Å². The van der Waals surface area contributed by atoms with E-state index in [4.69, 9.17) is 11.6 Å². The Morgan fingerprint density at radius 1 is 1.30 bits per heavy atom. The molecule has 1 aliphatic rings. The quantitative estimate of drug-likeness (QED) is 0.722. The van der Waals surface area contributed by atoms with Crippen molar-refractivity contribution >= 4 is 28.3 Å². The first-order valence-corrected chi connectivity index (χ1v) is 9.29. The van der Waals surface area contributed by atoms with E-state index in [1.54, 1.807) is 30.3 Å². The molecule has 140 valence electrons. The summed E-state index contributed by atoms with van der Waals surface area (Å²) in [5, 5.41) is 14.2. The van der Waals surface area contributed by atoms with Crippen LogP contribution in [0, 0.1) is 5.82 Å². The number of fused-ring (bicyclic) bond motifs is 1. The van der Waals surface area contributed by atoms with Crippen LogP contribution in [0.2, 0.25) is 5.02 Å². The van der Waals surface area contributed by atoms with Crippen LogP contribution in [0.4, 0.5) is 10.2 Å². The van der Waals surface area contributed by atoms with Crippen LogP contribution < -0.4 is 10.2 Å². The molecule has 0 amide bonds. The topological polar surface area (TPSA) is 61.3 Å². The molecular weight excluding hydrogens is 367 g/mol. The highest BCUT2D eigenvalue weighted by atomic mass is 35.5. The molecule has 2 aromatic heterocycles. The monoisotopic (exact) mass is 386 g/mol. The number of aliphatic hydroxyl groups excluding tert-OH is 1. The molecule has 1 atom stereocenters. The highest BCUT2D eigenvalue weighted by Crippen LogP contribution is 2.35. The van der Waals surface area contributed by atoms with Gasteiger partial charge in [-0.2, -0.15) is 0 Å². The number of halogens is 2. The second kappa shape index (κ2) is 7.38. The predicted octanol–water partition coefficient (Wildman–Crippen LogP) is 3.38. The predicted molar refractivity (Wildman–Crippen MR) is 106 cm³/mol. The van der Waals surface area contributed by atoms with Crippen molar-refractivity contribution < 1.29 is 9.50 Å². The maximum atomic E-state index is 14.3. The van der Waals surface area contributed by atoms with Crippen LogP contribution in [-0.4, -0.2) is 40.8 Å². The SMILES string of the molecule is C[C@H]1CNCCN1c1nc(CO)cc2nc(-c3ccccc3F)c(Cl)cc12. The van der Waals surface area contributed by atoms with Crippen molar-refractivity contribution in [3.8, 4) is 11.3 Å². The lowest BCUT2D eigenvalue weighted by atomic mass is 10.1. The fourth-order valence-electron chi connectivity index (χ4n) is 3.48. The van der Waals surface area contributed by atoms with Crippen molar-refractivity contribution in [3.05, 3.63) is 52.9 Å². The standard InChI is InChI=1S/C20H20ClFN4O/c1-12-10-23-6-7-26(12)20-15-9-16(21)19(14-4-2-3-5-17(14)22)25-18(15)8-13(11-27)24-20/h2-5,8-9,12,23,27H,6-7,10-11H2,1H3/t12-/m0/s1. The Balaban J connectivity index is 1.93. The van der Waals surface area contributed by atoms with E-state index in [0.717, 1.165) is 30.8 Å². The van der Waals surface area contributed by atoms with Crippen molar-refractivity contribution in [2.45, 2.75) is 19.6 Å². The zero-order chi connectivity index (χ0) is 19.0. The summed E-state index contributed by atoms with van der Waals surface area (Å²) in [6.07, 6.45) is 0. The average Bonchev–Trinajstić information content (AvgIpc) is 2.68. The molecule has 4 rings (SSSR count). The van der Waals surface area contributed by atoms with Gasteiger partial charge >= 0.3 is 0 Å². The van der Waals surface area contributed by atoms with Gasteiger partial charge < -0.3 is 15.3 Å². The van der Waals surface area contributed by atoms with Gasteiger partial charge in [-0.25, -0.2) is 14.4 Å². The molecule has 27 heavy (non-hydrogen) atoms. The third kappa shape index (κ3) is 3.36.